The molecule has 2 unspecified atom stereocenters. The number of fused-ring (bicyclic) bond motifs is 1. The molecule has 1 aromatic rings. The highest BCUT2D eigenvalue weighted by Gasteiger charge is 2.24. The largest absolute Gasteiger partial charge is 0.483 e. The van der Waals surface area contributed by atoms with E-state index < -0.39 is 0 Å². The molecule has 2 N–H and O–H groups in total. The summed E-state index contributed by atoms with van der Waals surface area (Å²) in [5.41, 5.74) is 2.53. The first-order chi connectivity index (χ1) is 10.0. The number of rotatable bonds is 6. The smallest absolute Gasteiger partial charge is 0.258 e. The Balaban J connectivity index is 1.96. The Kier molecular flexibility index (Phi) is 5.23. The summed E-state index contributed by atoms with van der Waals surface area (Å²) in [5, 5.41) is 6.28. The van der Waals surface area contributed by atoms with E-state index in [9.17, 15) is 4.79 Å². The molecule has 21 heavy (non-hydrogen) atoms. The molecule has 0 aliphatic heterocycles. The van der Waals surface area contributed by atoms with Crippen LogP contribution in [0.15, 0.2) is 18.2 Å². The van der Waals surface area contributed by atoms with Crippen LogP contribution in [0, 0.1) is 5.92 Å². The highest BCUT2D eigenvalue weighted by Crippen LogP contribution is 2.36. The first-order valence-electron chi connectivity index (χ1n) is 7.74. The quantitative estimate of drug-likeness (QED) is 0.846. The Hall–Kier alpha value is -1.55. The minimum absolute atomic E-state index is 0.0584. The van der Waals surface area contributed by atoms with Crippen LogP contribution < -0.4 is 15.4 Å². The zero-order chi connectivity index (χ0) is 15.4. The maximum atomic E-state index is 11.9. The lowest BCUT2D eigenvalue weighted by Gasteiger charge is -2.18. The van der Waals surface area contributed by atoms with Gasteiger partial charge in [-0.15, -0.1) is 0 Å². The zero-order valence-electron chi connectivity index (χ0n) is 13.4. The van der Waals surface area contributed by atoms with E-state index in [1.807, 2.05) is 26.1 Å². The molecule has 0 radical (unpaired) electrons. The molecule has 2 atom stereocenters. The van der Waals surface area contributed by atoms with Crippen LogP contribution in [-0.2, 0) is 11.2 Å². The van der Waals surface area contributed by atoms with Gasteiger partial charge in [-0.3, -0.25) is 4.79 Å². The number of hydrogen-bond donors (Lipinski definition) is 2. The van der Waals surface area contributed by atoms with Crippen molar-refractivity contribution in [3.8, 4) is 5.75 Å². The van der Waals surface area contributed by atoms with Crippen LogP contribution in [0.5, 0.6) is 5.75 Å². The third-order valence-corrected chi connectivity index (χ3v) is 4.32. The van der Waals surface area contributed by atoms with Gasteiger partial charge in [0.05, 0.1) is 0 Å². The summed E-state index contributed by atoms with van der Waals surface area (Å²) >= 11 is 0. The Bertz CT molecular complexity index is 500. The summed E-state index contributed by atoms with van der Waals surface area (Å²) in [6.07, 6.45) is 2.09. The molecule has 1 aliphatic rings. The molecule has 116 valence electrons. The molecule has 0 aromatic heterocycles. The van der Waals surface area contributed by atoms with Crippen LogP contribution in [0.1, 0.15) is 44.4 Å². The summed E-state index contributed by atoms with van der Waals surface area (Å²) in [7, 11) is 1.98. The van der Waals surface area contributed by atoms with E-state index in [4.69, 9.17) is 4.74 Å². The van der Waals surface area contributed by atoms with Gasteiger partial charge in [0.25, 0.3) is 5.91 Å². The summed E-state index contributed by atoms with van der Waals surface area (Å²) in [5.74, 6) is 1.21. The van der Waals surface area contributed by atoms with Crippen LogP contribution in [0.3, 0.4) is 0 Å². The van der Waals surface area contributed by atoms with Crippen LogP contribution in [0.4, 0.5) is 0 Å². The second kappa shape index (κ2) is 6.94. The fraction of sp³-hybridized carbons (Fsp3) is 0.588. The van der Waals surface area contributed by atoms with E-state index in [-0.39, 0.29) is 18.6 Å². The van der Waals surface area contributed by atoms with E-state index in [1.165, 1.54) is 11.1 Å². The van der Waals surface area contributed by atoms with Gasteiger partial charge in [-0.25, -0.2) is 0 Å². The number of hydrogen-bond acceptors (Lipinski definition) is 3. The maximum absolute atomic E-state index is 11.9. The molecule has 0 fully saturated rings. The minimum atomic E-state index is -0.0584. The van der Waals surface area contributed by atoms with Crippen LogP contribution >= 0.6 is 0 Å². The number of carbonyl (C=O) groups is 1. The Labute approximate surface area is 127 Å². The molecule has 2 rings (SSSR count). The lowest BCUT2D eigenvalue weighted by atomic mass is 10.1. The fourth-order valence-corrected chi connectivity index (χ4v) is 2.66. The van der Waals surface area contributed by atoms with E-state index in [2.05, 4.69) is 30.5 Å². The van der Waals surface area contributed by atoms with Crippen molar-refractivity contribution < 1.29 is 9.53 Å². The molecule has 1 amide bonds. The first-order valence-corrected chi connectivity index (χ1v) is 7.74. The Morgan fingerprint density at radius 1 is 1.38 bits per heavy atom. The van der Waals surface area contributed by atoms with E-state index in [0.29, 0.717) is 12.0 Å². The van der Waals surface area contributed by atoms with Crippen molar-refractivity contribution in [3.05, 3.63) is 29.3 Å². The summed E-state index contributed by atoms with van der Waals surface area (Å²) < 4.78 is 5.74. The van der Waals surface area contributed by atoms with E-state index in [0.717, 1.165) is 18.6 Å². The van der Waals surface area contributed by atoms with Gasteiger partial charge in [0.15, 0.2) is 6.61 Å². The van der Waals surface area contributed by atoms with Crippen LogP contribution in [0.25, 0.3) is 0 Å². The molecule has 0 saturated heterocycles. The van der Waals surface area contributed by atoms with Gasteiger partial charge in [-0.05, 0) is 49.9 Å². The molecule has 0 spiro atoms. The second-order valence-corrected chi connectivity index (χ2v) is 6.09. The predicted octanol–water partition coefficient (Wildman–Crippen LogP) is 2.43. The summed E-state index contributed by atoms with van der Waals surface area (Å²) in [6.45, 7) is 6.28. The fourth-order valence-electron chi connectivity index (χ4n) is 2.66. The van der Waals surface area contributed by atoms with E-state index >= 15 is 0 Å². The normalized spacial score (nSPS) is 18.4. The van der Waals surface area contributed by atoms with Gasteiger partial charge >= 0.3 is 0 Å². The lowest BCUT2D eigenvalue weighted by Crippen LogP contribution is -2.39. The van der Waals surface area contributed by atoms with Crippen molar-refractivity contribution in [1.29, 1.82) is 0 Å². The van der Waals surface area contributed by atoms with Gasteiger partial charge in [-0.1, -0.05) is 26.0 Å². The molecular weight excluding hydrogens is 264 g/mol. The van der Waals surface area contributed by atoms with Crippen molar-refractivity contribution in [2.24, 2.45) is 5.92 Å². The zero-order valence-corrected chi connectivity index (χ0v) is 13.4. The number of nitrogens with one attached hydrogen (secondary N) is 2. The van der Waals surface area contributed by atoms with Gasteiger partial charge in [0.2, 0.25) is 0 Å². The first kappa shape index (κ1) is 15.8. The molecule has 0 saturated carbocycles. The van der Waals surface area contributed by atoms with Gasteiger partial charge in [0.1, 0.15) is 5.75 Å². The summed E-state index contributed by atoms with van der Waals surface area (Å²) in [4.78, 5) is 11.9. The molecule has 0 heterocycles. The highest BCUT2D eigenvalue weighted by molar-refractivity contribution is 5.77. The minimum Gasteiger partial charge on any atom is -0.483 e. The van der Waals surface area contributed by atoms with Crippen molar-refractivity contribution in [3.63, 3.8) is 0 Å². The van der Waals surface area contributed by atoms with Crippen molar-refractivity contribution >= 4 is 5.91 Å². The Morgan fingerprint density at radius 3 is 2.81 bits per heavy atom. The second-order valence-electron chi connectivity index (χ2n) is 6.09. The van der Waals surface area contributed by atoms with Crippen LogP contribution in [-0.4, -0.2) is 25.6 Å². The molecule has 0 bridgehead atoms. The average Bonchev–Trinajstić information content (AvgIpc) is 2.88. The average molecular weight is 290 g/mol. The van der Waals surface area contributed by atoms with Gasteiger partial charge < -0.3 is 15.4 Å². The van der Waals surface area contributed by atoms with Crippen molar-refractivity contribution in [1.82, 2.24) is 10.6 Å². The molecule has 4 nitrogen and oxygen atoms in total. The number of benzene rings is 1. The van der Waals surface area contributed by atoms with Crippen molar-refractivity contribution in [2.75, 3.05) is 13.7 Å². The number of amides is 1. The molecule has 1 aliphatic carbocycles. The number of carbonyl (C=O) groups excluding carboxylic acids is 1. The van der Waals surface area contributed by atoms with Crippen LogP contribution in [0.2, 0.25) is 0 Å². The third-order valence-electron chi connectivity index (χ3n) is 4.32. The Morgan fingerprint density at radius 2 is 2.14 bits per heavy atom. The molecule has 4 heteroatoms. The SMILES string of the molecule is CNC1CCc2c(OCC(=O)NC(C)C(C)C)cccc21. The van der Waals surface area contributed by atoms with Crippen molar-refractivity contribution in [2.45, 2.75) is 45.7 Å². The monoisotopic (exact) mass is 290 g/mol. The van der Waals surface area contributed by atoms with E-state index in [1.54, 1.807) is 0 Å². The standard InChI is InChI=1S/C17H26N2O2/c1-11(2)12(3)19-17(20)10-21-16-7-5-6-13-14(16)8-9-15(13)18-4/h5-7,11-12,15,18H,8-10H2,1-4H3,(H,19,20). The van der Waals surface area contributed by atoms with Gasteiger partial charge in [0, 0.05) is 12.1 Å². The highest BCUT2D eigenvalue weighted by atomic mass is 16.5. The topological polar surface area (TPSA) is 50.4 Å². The lowest BCUT2D eigenvalue weighted by molar-refractivity contribution is -0.124. The molecule has 1 aromatic carbocycles. The predicted molar refractivity (Wildman–Crippen MR) is 84.5 cm³/mol. The summed E-state index contributed by atoms with van der Waals surface area (Å²) in [6, 6.07) is 6.65. The number of ether oxygens (including phenoxy) is 1. The third kappa shape index (κ3) is 3.76. The molecular formula is C17H26N2O2. The maximum Gasteiger partial charge on any atom is 0.258 e. The van der Waals surface area contributed by atoms with Gasteiger partial charge in [-0.2, -0.15) is 0 Å².